The molecule has 0 aliphatic rings. The number of nitrogens with two attached hydrogens (primary N) is 1. The minimum Gasteiger partial charge on any atom is -0.326 e. The summed E-state index contributed by atoms with van der Waals surface area (Å²) in [4.78, 5) is -0.115. The topological polar surface area (TPSA) is 72.2 Å². The lowest BCUT2D eigenvalue weighted by atomic mass is 10.2. The van der Waals surface area contributed by atoms with Crippen molar-refractivity contribution in [2.75, 3.05) is 4.72 Å². The second kappa shape index (κ2) is 5.97. The van der Waals surface area contributed by atoms with E-state index in [1.165, 1.54) is 18.2 Å². The third kappa shape index (κ3) is 3.49. The van der Waals surface area contributed by atoms with E-state index in [1.54, 1.807) is 0 Å². The van der Waals surface area contributed by atoms with Gasteiger partial charge in [0.25, 0.3) is 10.0 Å². The molecule has 0 saturated carbocycles. The first kappa shape index (κ1) is 15.7. The quantitative estimate of drug-likeness (QED) is 0.904. The molecule has 0 spiro atoms. The van der Waals surface area contributed by atoms with Gasteiger partial charge in [-0.25, -0.2) is 17.2 Å². The maximum absolute atomic E-state index is 13.5. The van der Waals surface area contributed by atoms with Crippen LogP contribution < -0.4 is 10.5 Å². The SMILES string of the molecule is NCc1cc(S(=O)(=O)Nc2ccc(F)cc2F)ccc1Cl. The second-order valence-electron chi connectivity index (χ2n) is 4.19. The molecule has 2 aromatic carbocycles. The van der Waals surface area contributed by atoms with E-state index in [0.29, 0.717) is 16.7 Å². The highest BCUT2D eigenvalue weighted by molar-refractivity contribution is 7.92. The maximum Gasteiger partial charge on any atom is 0.261 e. The van der Waals surface area contributed by atoms with Gasteiger partial charge in [-0.1, -0.05) is 11.6 Å². The van der Waals surface area contributed by atoms with Crippen molar-refractivity contribution in [1.82, 2.24) is 0 Å². The highest BCUT2D eigenvalue weighted by Gasteiger charge is 2.17. The summed E-state index contributed by atoms with van der Waals surface area (Å²) in [6.45, 7) is 0.0626. The van der Waals surface area contributed by atoms with Gasteiger partial charge in [0.05, 0.1) is 10.6 Å². The number of anilines is 1. The predicted molar refractivity (Wildman–Crippen MR) is 76.5 cm³/mol. The Hall–Kier alpha value is -1.70. The Bertz CT molecular complexity index is 782. The molecule has 112 valence electrons. The molecule has 0 aliphatic carbocycles. The van der Waals surface area contributed by atoms with Crippen LogP contribution >= 0.6 is 11.6 Å². The molecular formula is C13H11ClF2N2O2S. The first-order valence-corrected chi connectivity index (χ1v) is 7.66. The Morgan fingerprint density at radius 1 is 1.14 bits per heavy atom. The van der Waals surface area contributed by atoms with E-state index in [-0.39, 0.29) is 17.1 Å². The van der Waals surface area contributed by atoms with Gasteiger partial charge in [-0.15, -0.1) is 0 Å². The third-order valence-corrected chi connectivity index (χ3v) is 4.45. The van der Waals surface area contributed by atoms with E-state index in [1.807, 2.05) is 4.72 Å². The summed E-state index contributed by atoms with van der Waals surface area (Å²) in [6, 6.07) is 6.50. The van der Waals surface area contributed by atoms with Crippen LogP contribution in [0.3, 0.4) is 0 Å². The molecule has 0 aliphatic heterocycles. The monoisotopic (exact) mass is 332 g/mol. The average Bonchev–Trinajstić information content (AvgIpc) is 2.42. The number of hydrogen-bond acceptors (Lipinski definition) is 3. The van der Waals surface area contributed by atoms with Gasteiger partial charge in [-0.05, 0) is 35.9 Å². The Balaban J connectivity index is 2.38. The Morgan fingerprint density at radius 3 is 2.48 bits per heavy atom. The molecule has 0 saturated heterocycles. The van der Waals surface area contributed by atoms with Gasteiger partial charge in [-0.3, -0.25) is 4.72 Å². The van der Waals surface area contributed by atoms with Crippen LogP contribution in [0.15, 0.2) is 41.3 Å². The summed E-state index contributed by atoms with van der Waals surface area (Å²) in [5.41, 5.74) is 5.55. The number of nitrogens with one attached hydrogen (secondary N) is 1. The van der Waals surface area contributed by atoms with E-state index >= 15 is 0 Å². The molecule has 0 aromatic heterocycles. The van der Waals surface area contributed by atoms with E-state index in [2.05, 4.69) is 0 Å². The molecular weight excluding hydrogens is 322 g/mol. The minimum absolute atomic E-state index is 0.0626. The highest BCUT2D eigenvalue weighted by atomic mass is 35.5. The number of halogens is 3. The largest absolute Gasteiger partial charge is 0.326 e. The fourth-order valence-electron chi connectivity index (χ4n) is 1.65. The van der Waals surface area contributed by atoms with Crippen LogP contribution in [-0.2, 0) is 16.6 Å². The Labute approximate surface area is 125 Å². The van der Waals surface area contributed by atoms with Crippen molar-refractivity contribution in [3.05, 3.63) is 58.6 Å². The zero-order chi connectivity index (χ0) is 15.6. The normalized spacial score (nSPS) is 11.4. The van der Waals surface area contributed by atoms with Gasteiger partial charge < -0.3 is 5.73 Å². The van der Waals surface area contributed by atoms with Crippen LogP contribution in [0.2, 0.25) is 5.02 Å². The minimum atomic E-state index is -4.02. The number of rotatable bonds is 4. The first-order chi connectivity index (χ1) is 9.83. The van der Waals surface area contributed by atoms with Gasteiger partial charge in [-0.2, -0.15) is 0 Å². The van der Waals surface area contributed by atoms with Crippen LogP contribution in [0, 0.1) is 11.6 Å². The molecule has 0 radical (unpaired) electrons. The molecule has 0 heterocycles. The fourth-order valence-corrected chi connectivity index (χ4v) is 2.96. The van der Waals surface area contributed by atoms with Crippen LogP contribution in [0.4, 0.5) is 14.5 Å². The molecule has 21 heavy (non-hydrogen) atoms. The van der Waals surface area contributed by atoms with Crippen LogP contribution in [0.25, 0.3) is 0 Å². The molecule has 2 aromatic rings. The van der Waals surface area contributed by atoms with Gasteiger partial charge in [0.15, 0.2) is 0 Å². The van der Waals surface area contributed by atoms with E-state index in [0.717, 1.165) is 12.1 Å². The van der Waals surface area contributed by atoms with Crippen molar-refractivity contribution >= 4 is 27.3 Å². The van der Waals surface area contributed by atoms with Crippen molar-refractivity contribution in [2.24, 2.45) is 5.73 Å². The highest BCUT2D eigenvalue weighted by Crippen LogP contribution is 2.23. The zero-order valence-electron chi connectivity index (χ0n) is 10.6. The van der Waals surface area contributed by atoms with E-state index in [9.17, 15) is 17.2 Å². The van der Waals surface area contributed by atoms with Gasteiger partial charge >= 0.3 is 0 Å². The summed E-state index contributed by atoms with van der Waals surface area (Å²) in [5, 5.41) is 0.337. The number of benzene rings is 2. The van der Waals surface area contributed by atoms with Crippen LogP contribution in [-0.4, -0.2) is 8.42 Å². The lowest BCUT2D eigenvalue weighted by Gasteiger charge is -2.10. The summed E-state index contributed by atoms with van der Waals surface area (Å²) in [6.07, 6.45) is 0. The molecule has 0 atom stereocenters. The third-order valence-electron chi connectivity index (χ3n) is 2.72. The van der Waals surface area contributed by atoms with Crippen LogP contribution in [0.1, 0.15) is 5.56 Å². The van der Waals surface area contributed by atoms with Crippen molar-refractivity contribution in [3.8, 4) is 0 Å². The maximum atomic E-state index is 13.5. The van der Waals surface area contributed by atoms with E-state index < -0.39 is 21.7 Å². The molecule has 0 fully saturated rings. The van der Waals surface area contributed by atoms with Gasteiger partial charge in [0.2, 0.25) is 0 Å². The average molecular weight is 333 g/mol. The van der Waals surface area contributed by atoms with Crippen LogP contribution in [0.5, 0.6) is 0 Å². The fraction of sp³-hybridized carbons (Fsp3) is 0.0769. The van der Waals surface area contributed by atoms with Crippen molar-refractivity contribution < 1.29 is 17.2 Å². The summed E-state index contributed by atoms with van der Waals surface area (Å²) >= 11 is 5.85. The van der Waals surface area contributed by atoms with Gasteiger partial charge in [0, 0.05) is 17.6 Å². The molecule has 0 bridgehead atoms. The summed E-state index contributed by atoms with van der Waals surface area (Å²) in [5.74, 6) is -1.81. The molecule has 0 unspecified atom stereocenters. The lowest BCUT2D eigenvalue weighted by molar-refractivity contribution is 0.583. The molecule has 2 rings (SSSR count). The van der Waals surface area contributed by atoms with E-state index in [4.69, 9.17) is 17.3 Å². The number of sulfonamides is 1. The number of hydrogen-bond donors (Lipinski definition) is 2. The van der Waals surface area contributed by atoms with Crippen molar-refractivity contribution in [3.63, 3.8) is 0 Å². The zero-order valence-corrected chi connectivity index (χ0v) is 12.2. The standard InChI is InChI=1S/C13H11ClF2N2O2S/c14-11-3-2-10(5-8(11)7-17)21(19,20)18-13-4-1-9(15)6-12(13)16/h1-6,18H,7,17H2. The van der Waals surface area contributed by atoms with Gasteiger partial charge in [0.1, 0.15) is 11.6 Å². The first-order valence-electron chi connectivity index (χ1n) is 5.80. The smallest absolute Gasteiger partial charge is 0.261 e. The van der Waals surface area contributed by atoms with Crippen molar-refractivity contribution in [1.29, 1.82) is 0 Å². The molecule has 8 heteroatoms. The molecule has 3 N–H and O–H groups in total. The Morgan fingerprint density at radius 2 is 1.86 bits per heavy atom. The molecule has 4 nitrogen and oxygen atoms in total. The predicted octanol–water partition coefficient (Wildman–Crippen LogP) is 2.88. The van der Waals surface area contributed by atoms with Crippen molar-refractivity contribution in [2.45, 2.75) is 11.4 Å². The summed E-state index contributed by atoms with van der Waals surface area (Å²) in [7, 11) is -4.02. The summed E-state index contributed by atoms with van der Waals surface area (Å²) < 4.78 is 52.7. The Kier molecular flexibility index (Phi) is 4.46. The molecule has 0 amide bonds. The second-order valence-corrected chi connectivity index (χ2v) is 6.28. The lowest BCUT2D eigenvalue weighted by Crippen LogP contribution is -2.14.